The fourth-order valence-corrected chi connectivity index (χ4v) is 3.69. The zero-order valence-electron chi connectivity index (χ0n) is 10.8. The minimum absolute atomic E-state index is 0.604. The van der Waals surface area contributed by atoms with Crippen LogP contribution < -0.4 is 10.2 Å². The van der Waals surface area contributed by atoms with Crippen molar-refractivity contribution in [1.82, 2.24) is 14.8 Å². The maximum atomic E-state index is 4.79. The van der Waals surface area contributed by atoms with Gasteiger partial charge in [-0.1, -0.05) is 6.42 Å². The van der Waals surface area contributed by atoms with Crippen LogP contribution in [0.2, 0.25) is 0 Å². The first-order valence-electron chi connectivity index (χ1n) is 7.37. The van der Waals surface area contributed by atoms with E-state index in [1.165, 1.54) is 38.5 Å². The molecule has 0 aromatic carbocycles. The molecule has 5 nitrogen and oxygen atoms in total. The van der Waals surface area contributed by atoms with E-state index in [1.807, 2.05) is 0 Å². The summed E-state index contributed by atoms with van der Waals surface area (Å²) < 4.78 is 2.17. The van der Waals surface area contributed by atoms with Gasteiger partial charge in [-0.2, -0.15) is 4.98 Å². The van der Waals surface area contributed by atoms with Gasteiger partial charge in [0, 0.05) is 19.6 Å². The van der Waals surface area contributed by atoms with Crippen LogP contribution >= 0.6 is 0 Å². The summed E-state index contributed by atoms with van der Waals surface area (Å²) in [5, 5.41) is 8.24. The third kappa shape index (κ3) is 1.60. The Morgan fingerprint density at radius 3 is 2.83 bits per heavy atom. The summed E-state index contributed by atoms with van der Waals surface area (Å²) in [6.07, 6.45) is 7.88. The van der Waals surface area contributed by atoms with Crippen molar-refractivity contribution in [3.8, 4) is 0 Å². The van der Waals surface area contributed by atoms with Crippen LogP contribution in [0.25, 0.3) is 0 Å². The Bertz CT molecular complexity index is 435. The zero-order chi connectivity index (χ0) is 11.9. The number of hydrogen-bond donors (Lipinski definition) is 1. The van der Waals surface area contributed by atoms with Crippen LogP contribution in [0.1, 0.15) is 44.6 Å². The second kappa shape index (κ2) is 4.14. The fourth-order valence-electron chi connectivity index (χ4n) is 3.69. The first-order valence-corrected chi connectivity index (χ1v) is 7.37. The quantitative estimate of drug-likeness (QED) is 0.825. The van der Waals surface area contributed by atoms with Crippen molar-refractivity contribution in [2.24, 2.45) is 5.92 Å². The number of anilines is 2. The van der Waals surface area contributed by atoms with Crippen LogP contribution in [0.15, 0.2) is 0 Å². The summed E-state index contributed by atoms with van der Waals surface area (Å²) >= 11 is 0. The summed E-state index contributed by atoms with van der Waals surface area (Å²) in [6, 6.07) is 0.604. The Kier molecular flexibility index (Phi) is 2.45. The van der Waals surface area contributed by atoms with Crippen molar-refractivity contribution in [3.05, 3.63) is 0 Å². The Morgan fingerprint density at radius 2 is 1.94 bits per heavy atom. The van der Waals surface area contributed by atoms with Gasteiger partial charge < -0.3 is 10.2 Å². The minimum atomic E-state index is 0.604. The second-order valence-corrected chi connectivity index (χ2v) is 5.87. The van der Waals surface area contributed by atoms with E-state index in [4.69, 9.17) is 10.1 Å². The predicted octanol–water partition coefficient (Wildman–Crippen LogP) is 2.04. The number of fused-ring (bicyclic) bond motifs is 3. The molecule has 98 valence electrons. The van der Waals surface area contributed by atoms with Crippen molar-refractivity contribution >= 4 is 11.9 Å². The molecule has 3 aliphatic rings. The number of nitrogens with one attached hydrogen (secondary N) is 1. The van der Waals surface area contributed by atoms with E-state index in [2.05, 4.69) is 14.9 Å². The van der Waals surface area contributed by atoms with E-state index in [0.717, 1.165) is 37.4 Å². The van der Waals surface area contributed by atoms with Gasteiger partial charge in [-0.15, -0.1) is 5.10 Å². The van der Waals surface area contributed by atoms with Gasteiger partial charge in [0.15, 0.2) is 0 Å². The van der Waals surface area contributed by atoms with Gasteiger partial charge in [0.05, 0.1) is 6.04 Å². The molecule has 3 heterocycles. The van der Waals surface area contributed by atoms with Crippen LogP contribution in [0.4, 0.5) is 11.9 Å². The van der Waals surface area contributed by atoms with Gasteiger partial charge in [0.1, 0.15) is 0 Å². The van der Waals surface area contributed by atoms with E-state index in [9.17, 15) is 0 Å². The molecular formula is C13H21N5. The van der Waals surface area contributed by atoms with Crippen molar-refractivity contribution in [2.75, 3.05) is 29.9 Å². The van der Waals surface area contributed by atoms with Gasteiger partial charge in [-0.25, -0.2) is 4.68 Å². The average molecular weight is 247 g/mol. The highest BCUT2D eigenvalue weighted by atomic mass is 15.5. The number of aromatic nitrogens is 3. The zero-order valence-corrected chi connectivity index (χ0v) is 10.8. The molecule has 1 saturated carbocycles. The first kappa shape index (κ1) is 10.6. The maximum absolute atomic E-state index is 4.79. The molecule has 1 aliphatic carbocycles. The monoisotopic (exact) mass is 247 g/mol. The third-order valence-corrected chi connectivity index (χ3v) is 4.71. The van der Waals surface area contributed by atoms with Crippen LogP contribution in [-0.4, -0.2) is 34.4 Å². The van der Waals surface area contributed by atoms with E-state index in [0.29, 0.717) is 6.04 Å². The topological polar surface area (TPSA) is 46.0 Å². The third-order valence-electron chi connectivity index (χ3n) is 4.71. The lowest BCUT2D eigenvalue weighted by molar-refractivity contribution is 0.346. The Labute approximate surface area is 108 Å². The molecule has 2 atom stereocenters. The molecule has 18 heavy (non-hydrogen) atoms. The highest BCUT2D eigenvalue weighted by molar-refractivity contribution is 5.40. The molecule has 1 aromatic heterocycles. The molecule has 2 unspecified atom stereocenters. The number of rotatable bonds is 1. The van der Waals surface area contributed by atoms with Crippen LogP contribution in [-0.2, 0) is 0 Å². The van der Waals surface area contributed by atoms with Gasteiger partial charge >= 0.3 is 0 Å². The Morgan fingerprint density at radius 1 is 1.06 bits per heavy atom. The number of nitrogens with zero attached hydrogens (tertiary/aromatic N) is 4. The number of piperidine rings is 1. The van der Waals surface area contributed by atoms with E-state index in [1.54, 1.807) is 0 Å². The van der Waals surface area contributed by atoms with Gasteiger partial charge in [0.25, 0.3) is 0 Å². The summed E-state index contributed by atoms with van der Waals surface area (Å²) in [4.78, 5) is 7.05. The van der Waals surface area contributed by atoms with E-state index >= 15 is 0 Å². The molecule has 0 amide bonds. The summed E-state index contributed by atoms with van der Waals surface area (Å²) in [5.74, 6) is 2.72. The minimum Gasteiger partial charge on any atom is -0.354 e. The molecular weight excluding hydrogens is 226 g/mol. The molecule has 1 aromatic rings. The van der Waals surface area contributed by atoms with Gasteiger partial charge in [-0.05, 0) is 38.0 Å². The average Bonchev–Trinajstić information content (AvgIpc) is 3.05. The largest absolute Gasteiger partial charge is 0.354 e. The lowest BCUT2D eigenvalue weighted by Crippen LogP contribution is -2.31. The standard InChI is InChI=1S/C13H21N5/c1-2-7-17(8-3-1)13-15-12-14-9-10-5-4-6-11(10)18(12)16-13/h10-11H,1-9H2,(H,14,15,16). The summed E-state index contributed by atoms with van der Waals surface area (Å²) in [7, 11) is 0. The molecule has 4 rings (SSSR count). The van der Waals surface area contributed by atoms with Gasteiger partial charge in [-0.3, -0.25) is 0 Å². The van der Waals surface area contributed by atoms with E-state index < -0.39 is 0 Å². The molecule has 2 fully saturated rings. The molecule has 1 saturated heterocycles. The Balaban J connectivity index is 1.63. The summed E-state index contributed by atoms with van der Waals surface area (Å²) in [5.41, 5.74) is 0. The SMILES string of the molecule is C1CCN(c2nc3n(n2)C2CCCC2CN3)CC1. The van der Waals surface area contributed by atoms with Crippen LogP contribution in [0, 0.1) is 5.92 Å². The molecule has 0 radical (unpaired) electrons. The smallest absolute Gasteiger partial charge is 0.246 e. The van der Waals surface area contributed by atoms with Gasteiger partial charge in [0.2, 0.25) is 11.9 Å². The molecule has 0 spiro atoms. The molecule has 2 aliphatic heterocycles. The van der Waals surface area contributed by atoms with Crippen LogP contribution in [0.5, 0.6) is 0 Å². The maximum Gasteiger partial charge on any atom is 0.246 e. The van der Waals surface area contributed by atoms with Crippen molar-refractivity contribution in [1.29, 1.82) is 0 Å². The Hall–Kier alpha value is -1.26. The van der Waals surface area contributed by atoms with Crippen LogP contribution in [0.3, 0.4) is 0 Å². The lowest BCUT2D eigenvalue weighted by Gasteiger charge is -2.27. The first-order chi connectivity index (χ1) is 8.92. The molecule has 1 N–H and O–H groups in total. The highest BCUT2D eigenvalue weighted by Crippen LogP contribution is 2.40. The predicted molar refractivity (Wildman–Crippen MR) is 71.0 cm³/mol. The van der Waals surface area contributed by atoms with E-state index in [-0.39, 0.29) is 0 Å². The summed E-state index contributed by atoms with van der Waals surface area (Å²) in [6.45, 7) is 3.33. The van der Waals surface area contributed by atoms with Crippen molar-refractivity contribution in [3.63, 3.8) is 0 Å². The highest BCUT2D eigenvalue weighted by Gasteiger charge is 2.35. The van der Waals surface area contributed by atoms with Crippen molar-refractivity contribution < 1.29 is 0 Å². The number of hydrogen-bond acceptors (Lipinski definition) is 4. The molecule has 0 bridgehead atoms. The lowest BCUT2D eigenvalue weighted by atomic mass is 10.0. The fraction of sp³-hybridized carbons (Fsp3) is 0.846. The molecule has 5 heteroatoms. The normalized spacial score (nSPS) is 30.8. The second-order valence-electron chi connectivity index (χ2n) is 5.87. The van der Waals surface area contributed by atoms with Crippen molar-refractivity contribution in [2.45, 2.75) is 44.6 Å².